The van der Waals surface area contributed by atoms with Gasteiger partial charge in [-0.3, -0.25) is 0 Å². The topological polar surface area (TPSA) is 94.1 Å². The van der Waals surface area contributed by atoms with Gasteiger partial charge in [0.15, 0.2) is 11.5 Å². The van der Waals surface area contributed by atoms with E-state index >= 15 is 0 Å². The van der Waals surface area contributed by atoms with Crippen molar-refractivity contribution in [2.75, 3.05) is 38.3 Å². The summed E-state index contributed by atoms with van der Waals surface area (Å²) in [6.07, 6.45) is 1.73. The molecule has 0 radical (unpaired) electrons. The lowest BCUT2D eigenvalue weighted by Crippen LogP contribution is -2.37. The number of fused-ring (bicyclic) bond motifs is 1. The Bertz CT molecular complexity index is 1240. The number of para-hydroxylation sites is 2. The number of nitrogens with zero attached hydrogens (tertiary/aromatic N) is 4. The molecule has 33 heavy (non-hydrogen) atoms. The van der Waals surface area contributed by atoms with Crippen molar-refractivity contribution in [3.63, 3.8) is 0 Å². The van der Waals surface area contributed by atoms with Gasteiger partial charge in [0.2, 0.25) is 16.0 Å². The molecule has 3 heterocycles. The zero-order valence-corrected chi connectivity index (χ0v) is 19.0. The van der Waals surface area contributed by atoms with Crippen molar-refractivity contribution in [3.8, 4) is 17.2 Å². The van der Waals surface area contributed by atoms with Crippen LogP contribution in [0.25, 0.3) is 0 Å². The van der Waals surface area contributed by atoms with Gasteiger partial charge in [0.1, 0.15) is 5.75 Å². The van der Waals surface area contributed by atoms with Gasteiger partial charge in [-0.15, -0.1) is 0 Å². The summed E-state index contributed by atoms with van der Waals surface area (Å²) in [5.74, 6) is 2.29. The van der Waals surface area contributed by atoms with Crippen LogP contribution in [0.15, 0.2) is 59.6 Å². The summed E-state index contributed by atoms with van der Waals surface area (Å²) in [5, 5.41) is 0. The van der Waals surface area contributed by atoms with Crippen LogP contribution in [0.2, 0.25) is 0 Å². The van der Waals surface area contributed by atoms with Crippen LogP contribution in [0.1, 0.15) is 11.3 Å². The predicted octanol–water partition coefficient (Wildman–Crippen LogP) is 2.82. The Labute approximate surface area is 192 Å². The molecule has 0 spiro atoms. The van der Waals surface area contributed by atoms with Crippen LogP contribution in [0.3, 0.4) is 0 Å². The summed E-state index contributed by atoms with van der Waals surface area (Å²) in [6, 6.07) is 13.7. The molecule has 172 valence electrons. The highest BCUT2D eigenvalue weighted by atomic mass is 32.2. The summed E-state index contributed by atoms with van der Waals surface area (Å²) in [7, 11) is -2.13. The maximum Gasteiger partial charge on any atom is 0.243 e. The Morgan fingerprint density at radius 1 is 0.970 bits per heavy atom. The van der Waals surface area contributed by atoms with Gasteiger partial charge < -0.3 is 19.1 Å². The highest BCUT2D eigenvalue weighted by molar-refractivity contribution is 7.89. The quantitative estimate of drug-likeness (QED) is 0.545. The largest absolute Gasteiger partial charge is 0.493 e. The van der Waals surface area contributed by atoms with Crippen molar-refractivity contribution in [2.24, 2.45) is 0 Å². The second-order valence-corrected chi connectivity index (χ2v) is 9.68. The molecule has 0 N–H and O–H groups in total. The number of hydrogen-bond donors (Lipinski definition) is 0. The monoisotopic (exact) mass is 468 g/mol. The van der Waals surface area contributed by atoms with Crippen LogP contribution < -0.4 is 14.4 Å². The van der Waals surface area contributed by atoms with Crippen LogP contribution in [0.4, 0.5) is 5.95 Å². The number of aromatic nitrogens is 2. The predicted molar refractivity (Wildman–Crippen MR) is 121 cm³/mol. The summed E-state index contributed by atoms with van der Waals surface area (Å²) in [4.78, 5) is 11.3. The van der Waals surface area contributed by atoms with Gasteiger partial charge in [0.05, 0.1) is 37.5 Å². The molecule has 1 saturated heterocycles. The first-order chi connectivity index (χ1) is 16.0. The number of rotatable bonds is 6. The van der Waals surface area contributed by atoms with Crippen molar-refractivity contribution < 1.29 is 22.6 Å². The minimum Gasteiger partial charge on any atom is -0.493 e. The summed E-state index contributed by atoms with van der Waals surface area (Å²) >= 11 is 0. The average Bonchev–Trinajstić information content (AvgIpc) is 3.30. The summed E-state index contributed by atoms with van der Waals surface area (Å²) in [6.45, 7) is 3.20. The Morgan fingerprint density at radius 2 is 1.70 bits per heavy atom. The molecule has 2 aromatic carbocycles. The van der Waals surface area contributed by atoms with E-state index in [0.29, 0.717) is 36.4 Å². The number of sulfonamides is 1. The van der Waals surface area contributed by atoms with Gasteiger partial charge in [-0.25, -0.2) is 18.4 Å². The third-order valence-electron chi connectivity index (χ3n) is 5.67. The highest BCUT2D eigenvalue weighted by Gasteiger charge is 2.32. The molecule has 9 nitrogen and oxygen atoms in total. The lowest BCUT2D eigenvalue weighted by molar-refractivity contribution is 0.122. The molecule has 3 aromatic rings. The fraction of sp³-hybridized carbons (Fsp3) is 0.304. The molecular formula is C23H24N4O5S. The second kappa shape index (κ2) is 8.97. The van der Waals surface area contributed by atoms with Crippen LogP contribution in [0.5, 0.6) is 17.2 Å². The number of methoxy groups -OCH3 is 1. The van der Waals surface area contributed by atoms with E-state index in [2.05, 4.69) is 14.9 Å². The van der Waals surface area contributed by atoms with Crippen molar-refractivity contribution >= 4 is 16.0 Å². The zero-order valence-electron chi connectivity index (χ0n) is 18.2. The van der Waals surface area contributed by atoms with Crippen LogP contribution in [-0.2, 0) is 27.8 Å². The number of benzene rings is 2. The van der Waals surface area contributed by atoms with E-state index in [-0.39, 0.29) is 18.0 Å². The zero-order chi connectivity index (χ0) is 22.8. The third kappa shape index (κ3) is 4.37. The van der Waals surface area contributed by atoms with E-state index in [0.717, 1.165) is 24.3 Å². The molecule has 1 fully saturated rings. The molecule has 0 amide bonds. The third-order valence-corrected chi connectivity index (χ3v) is 7.47. The van der Waals surface area contributed by atoms with E-state index in [4.69, 9.17) is 14.2 Å². The smallest absolute Gasteiger partial charge is 0.243 e. The second-order valence-electron chi connectivity index (χ2n) is 7.74. The van der Waals surface area contributed by atoms with Gasteiger partial charge in [-0.2, -0.15) is 4.31 Å². The first-order valence-electron chi connectivity index (χ1n) is 10.6. The van der Waals surface area contributed by atoms with Crippen LogP contribution in [-0.4, -0.2) is 56.1 Å². The summed E-state index contributed by atoms with van der Waals surface area (Å²) in [5.41, 5.74) is 1.57. The van der Waals surface area contributed by atoms with Gasteiger partial charge in [0.25, 0.3) is 0 Å². The minimum atomic E-state index is -3.69. The minimum absolute atomic E-state index is 0.198. The van der Waals surface area contributed by atoms with Gasteiger partial charge in [-0.1, -0.05) is 12.1 Å². The highest BCUT2D eigenvalue weighted by Crippen LogP contribution is 2.33. The lowest BCUT2D eigenvalue weighted by atomic mass is 10.3. The maximum absolute atomic E-state index is 13.2. The Balaban J connectivity index is 1.31. The van der Waals surface area contributed by atoms with Gasteiger partial charge in [-0.05, 0) is 36.4 Å². The number of morpholine rings is 1. The Morgan fingerprint density at radius 3 is 2.42 bits per heavy atom. The van der Waals surface area contributed by atoms with Crippen molar-refractivity contribution in [1.29, 1.82) is 0 Å². The molecular weight excluding hydrogens is 444 g/mol. The molecule has 0 unspecified atom stereocenters. The molecule has 2 aliphatic rings. The fourth-order valence-corrected chi connectivity index (χ4v) is 5.24. The van der Waals surface area contributed by atoms with Gasteiger partial charge in [0, 0.05) is 31.4 Å². The van der Waals surface area contributed by atoms with Gasteiger partial charge >= 0.3 is 0 Å². The first-order valence-corrected chi connectivity index (χ1v) is 12.1. The number of ether oxygens (including phenoxy) is 3. The fourth-order valence-electron chi connectivity index (χ4n) is 3.86. The Hall–Kier alpha value is -3.21. The van der Waals surface area contributed by atoms with E-state index in [9.17, 15) is 8.42 Å². The maximum atomic E-state index is 13.2. The first kappa shape index (κ1) is 21.6. The number of hydrogen-bond acceptors (Lipinski definition) is 8. The van der Waals surface area contributed by atoms with Crippen molar-refractivity contribution in [1.82, 2.24) is 14.3 Å². The van der Waals surface area contributed by atoms with E-state index in [1.54, 1.807) is 49.7 Å². The summed E-state index contributed by atoms with van der Waals surface area (Å²) < 4.78 is 44.4. The van der Waals surface area contributed by atoms with Crippen LogP contribution >= 0.6 is 0 Å². The van der Waals surface area contributed by atoms with E-state index < -0.39 is 10.0 Å². The van der Waals surface area contributed by atoms with Crippen molar-refractivity contribution in [3.05, 3.63) is 66.0 Å². The molecule has 2 aliphatic heterocycles. The Kier molecular flexibility index (Phi) is 5.88. The van der Waals surface area contributed by atoms with Crippen LogP contribution in [0, 0.1) is 0 Å². The molecule has 0 atom stereocenters. The average molecular weight is 469 g/mol. The molecule has 0 saturated carbocycles. The molecule has 0 bridgehead atoms. The normalized spacial score (nSPS) is 16.5. The van der Waals surface area contributed by atoms with E-state index in [1.807, 2.05) is 12.1 Å². The molecule has 5 rings (SSSR count). The lowest BCUT2D eigenvalue weighted by Gasteiger charge is -2.26. The number of anilines is 1. The standard InChI is InChI=1S/C23H24N4O5S/c1-30-21-4-2-3-5-22(21)32-18-6-8-19(9-7-18)33(28,29)27-15-17-14-24-23(25-20(17)16-27)26-10-12-31-13-11-26/h2-9,14H,10-13,15-16H2,1H3. The van der Waals surface area contributed by atoms with E-state index in [1.165, 1.54) is 4.31 Å². The molecule has 0 aliphatic carbocycles. The molecule has 1 aromatic heterocycles. The van der Waals surface area contributed by atoms with Crippen molar-refractivity contribution in [2.45, 2.75) is 18.0 Å². The molecule has 10 heteroatoms. The SMILES string of the molecule is COc1ccccc1Oc1ccc(S(=O)(=O)N2Cc3cnc(N4CCOCC4)nc3C2)cc1.